The van der Waals surface area contributed by atoms with Gasteiger partial charge in [0.2, 0.25) is 5.91 Å². The van der Waals surface area contributed by atoms with Gasteiger partial charge in [0.1, 0.15) is 6.04 Å². The molecule has 1 amide bonds. The van der Waals surface area contributed by atoms with Crippen molar-refractivity contribution < 1.29 is 19.8 Å². The molecule has 0 unspecified atom stereocenters. The van der Waals surface area contributed by atoms with Crippen molar-refractivity contribution in [3.8, 4) is 0 Å². The first-order valence-electron chi connectivity index (χ1n) is 10.4. The average molecular weight is 394 g/mol. The van der Waals surface area contributed by atoms with Crippen molar-refractivity contribution in [1.82, 2.24) is 5.32 Å². The Morgan fingerprint density at radius 3 is 1.81 bits per heavy atom. The van der Waals surface area contributed by atoms with Crippen LogP contribution in [-0.4, -0.2) is 57.8 Å². The first kappa shape index (κ1) is 28.6. The van der Waals surface area contributed by atoms with Gasteiger partial charge in [-0.3, -0.25) is 4.79 Å². The van der Waals surface area contributed by atoms with E-state index in [1.165, 1.54) is 51.4 Å². The van der Waals surface area contributed by atoms with E-state index >= 15 is 0 Å². The van der Waals surface area contributed by atoms with E-state index in [-0.39, 0.29) is 29.0 Å². The van der Waals surface area contributed by atoms with Crippen molar-refractivity contribution in [1.29, 1.82) is 0 Å². The Kier molecular flexibility index (Phi) is 23.0. The van der Waals surface area contributed by atoms with E-state index in [2.05, 4.69) is 24.4 Å². The normalized spacial score (nSPS) is 11.9. The predicted octanol–water partition coefficient (Wildman–Crippen LogP) is 4.20. The second-order valence-electron chi connectivity index (χ2n) is 6.98. The molecule has 0 aromatic rings. The summed E-state index contributed by atoms with van der Waals surface area (Å²) in [6.07, 6.45) is 20.5. The van der Waals surface area contributed by atoms with Gasteiger partial charge in [-0.2, -0.15) is 0 Å². The second kappa shape index (κ2) is 21.7. The molecule has 0 aliphatic heterocycles. The lowest BCUT2D eigenvalue weighted by atomic mass is 10.1. The van der Waals surface area contributed by atoms with Crippen molar-refractivity contribution >= 4 is 34.9 Å². The topological polar surface area (TPSA) is 86.6 Å². The van der Waals surface area contributed by atoms with Crippen LogP contribution in [0.2, 0.25) is 0 Å². The zero-order valence-corrected chi connectivity index (χ0v) is 18.7. The van der Waals surface area contributed by atoms with Crippen molar-refractivity contribution in [3.05, 3.63) is 12.2 Å². The van der Waals surface area contributed by atoms with Gasteiger partial charge in [-0.25, -0.2) is 4.79 Å². The summed E-state index contributed by atoms with van der Waals surface area (Å²) >= 11 is 0. The minimum Gasteiger partial charge on any atom is -0.480 e. The molecule has 0 heterocycles. The molecule has 0 rings (SSSR count). The van der Waals surface area contributed by atoms with Crippen LogP contribution in [0.3, 0.4) is 0 Å². The van der Waals surface area contributed by atoms with E-state index in [0.717, 1.165) is 32.1 Å². The number of rotatable bonds is 18. The summed E-state index contributed by atoms with van der Waals surface area (Å²) in [5.74, 6) is -1.51. The Labute approximate surface area is 181 Å². The molecule has 3 N–H and O–H groups in total. The first-order valence-corrected chi connectivity index (χ1v) is 10.4. The third-order valence-corrected chi connectivity index (χ3v) is 4.48. The van der Waals surface area contributed by atoms with Gasteiger partial charge in [0, 0.05) is 29.5 Å². The Bertz CT molecular complexity index is 388. The number of allylic oxidation sites excluding steroid dienone is 2. The minimum absolute atomic E-state index is 0. The SMILES string of the molecule is CCCCCCCC/C=C\CCCCCCCC(=O)N[C@@H](CO)C(=O)O.[Mg]. The molecule has 0 bridgehead atoms. The van der Waals surface area contributed by atoms with Crippen molar-refractivity contribution in [3.63, 3.8) is 0 Å². The molecule has 0 saturated heterocycles. The van der Waals surface area contributed by atoms with Gasteiger partial charge in [-0.05, 0) is 32.1 Å². The van der Waals surface area contributed by atoms with Gasteiger partial charge < -0.3 is 15.5 Å². The maximum Gasteiger partial charge on any atom is 0.328 e. The molecule has 0 aromatic heterocycles. The Balaban J connectivity index is 0. The summed E-state index contributed by atoms with van der Waals surface area (Å²) in [7, 11) is 0. The van der Waals surface area contributed by atoms with E-state index in [0.29, 0.717) is 6.42 Å². The molecule has 0 aliphatic rings. The highest BCUT2D eigenvalue weighted by Gasteiger charge is 2.17. The number of aliphatic hydroxyl groups excluding tert-OH is 1. The number of hydrogen-bond acceptors (Lipinski definition) is 3. The van der Waals surface area contributed by atoms with Crippen LogP contribution in [0, 0.1) is 0 Å². The van der Waals surface area contributed by atoms with E-state index in [1.54, 1.807) is 0 Å². The van der Waals surface area contributed by atoms with E-state index in [9.17, 15) is 9.59 Å². The van der Waals surface area contributed by atoms with Crippen LogP contribution < -0.4 is 5.32 Å². The standard InChI is InChI=1S/C21H39NO4.Mg/c1-2-3-4-5-6-7-8-9-10-11-12-13-14-15-16-17-20(24)22-19(18-23)21(25)26;/h9-10,19,23H,2-8,11-18H2,1H3,(H,22,24)(H,25,26);/b10-9-;/t19-;/m0./s1. The summed E-state index contributed by atoms with van der Waals surface area (Å²) in [5.41, 5.74) is 0. The highest BCUT2D eigenvalue weighted by atomic mass is 24.3. The predicted molar refractivity (Wildman–Crippen MR) is 112 cm³/mol. The Morgan fingerprint density at radius 2 is 1.33 bits per heavy atom. The van der Waals surface area contributed by atoms with E-state index in [1.807, 2.05) is 0 Å². The van der Waals surface area contributed by atoms with E-state index in [4.69, 9.17) is 10.2 Å². The number of carbonyl (C=O) groups excluding carboxylic acids is 1. The van der Waals surface area contributed by atoms with Gasteiger partial charge in [0.05, 0.1) is 6.61 Å². The number of nitrogens with one attached hydrogen (secondary N) is 1. The first-order chi connectivity index (χ1) is 12.6. The molecule has 0 aromatic carbocycles. The number of carboxylic acid groups (broad SMARTS) is 1. The van der Waals surface area contributed by atoms with Gasteiger partial charge in [0.25, 0.3) is 0 Å². The molecule has 5 nitrogen and oxygen atoms in total. The van der Waals surface area contributed by atoms with Crippen LogP contribution in [0.5, 0.6) is 0 Å². The Hall–Kier alpha value is -0.594. The van der Waals surface area contributed by atoms with Crippen LogP contribution in [0.25, 0.3) is 0 Å². The highest BCUT2D eigenvalue weighted by molar-refractivity contribution is 5.83. The van der Waals surface area contributed by atoms with Gasteiger partial charge in [-0.1, -0.05) is 70.4 Å². The third-order valence-electron chi connectivity index (χ3n) is 4.48. The summed E-state index contributed by atoms with van der Waals surface area (Å²) in [4.78, 5) is 22.3. The maximum atomic E-state index is 11.6. The molecule has 0 saturated carbocycles. The third kappa shape index (κ3) is 20.0. The molecular formula is C21H39MgNO4. The lowest BCUT2D eigenvalue weighted by molar-refractivity contribution is -0.142. The van der Waals surface area contributed by atoms with Crippen LogP contribution in [-0.2, 0) is 9.59 Å². The zero-order chi connectivity index (χ0) is 19.5. The molecule has 0 spiro atoms. The molecule has 0 fully saturated rings. The van der Waals surface area contributed by atoms with Crippen molar-refractivity contribution in [2.75, 3.05) is 6.61 Å². The summed E-state index contributed by atoms with van der Waals surface area (Å²) in [6, 6.07) is -1.19. The van der Waals surface area contributed by atoms with Gasteiger partial charge >= 0.3 is 5.97 Å². The molecule has 27 heavy (non-hydrogen) atoms. The fourth-order valence-corrected chi connectivity index (χ4v) is 2.81. The number of carbonyl (C=O) groups is 2. The number of hydrogen-bond donors (Lipinski definition) is 3. The average Bonchev–Trinajstić information content (AvgIpc) is 2.62. The lowest BCUT2D eigenvalue weighted by Crippen LogP contribution is -2.43. The number of amides is 1. The smallest absolute Gasteiger partial charge is 0.328 e. The Morgan fingerprint density at radius 1 is 0.852 bits per heavy atom. The largest absolute Gasteiger partial charge is 0.480 e. The fourth-order valence-electron chi connectivity index (χ4n) is 2.81. The summed E-state index contributed by atoms with van der Waals surface area (Å²) in [6.45, 7) is 1.67. The van der Waals surface area contributed by atoms with Crippen molar-refractivity contribution in [2.45, 2.75) is 103 Å². The molecule has 6 heteroatoms. The maximum absolute atomic E-state index is 11.6. The monoisotopic (exact) mass is 393 g/mol. The summed E-state index contributed by atoms with van der Waals surface area (Å²) < 4.78 is 0. The van der Waals surface area contributed by atoms with Crippen LogP contribution in [0.1, 0.15) is 96.8 Å². The molecular weight excluding hydrogens is 355 g/mol. The highest BCUT2D eigenvalue weighted by Crippen LogP contribution is 2.10. The number of aliphatic carboxylic acids is 1. The van der Waals surface area contributed by atoms with Crippen molar-refractivity contribution in [2.24, 2.45) is 0 Å². The molecule has 0 aliphatic carbocycles. The van der Waals surface area contributed by atoms with Crippen LogP contribution in [0.15, 0.2) is 12.2 Å². The van der Waals surface area contributed by atoms with Crippen LogP contribution in [0.4, 0.5) is 0 Å². The van der Waals surface area contributed by atoms with Gasteiger partial charge in [-0.15, -0.1) is 0 Å². The van der Waals surface area contributed by atoms with Gasteiger partial charge in [0.15, 0.2) is 0 Å². The number of aliphatic hydroxyl groups is 1. The van der Waals surface area contributed by atoms with Crippen LogP contribution >= 0.6 is 0 Å². The number of carboxylic acids is 1. The summed E-state index contributed by atoms with van der Waals surface area (Å²) in [5, 5.41) is 19.9. The zero-order valence-electron chi connectivity index (χ0n) is 17.3. The molecule has 1 atom stereocenters. The molecule has 2 radical (unpaired) electrons. The minimum atomic E-state index is -1.20. The number of unbranched alkanes of at least 4 members (excludes halogenated alkanes) is 11. The molecule has 154 valence electrons. The fraction of sp³-hybridized carbons (Fsp3) is 0.810. The second-order valence-corrected chi connectivity index (χ2v) is 6.98. The lowest BCUT2D eigenvalue weighted by Gasteiger charge is -2.11. The quantitative estimate of drug-likeness (QED) is 0.185. The van der Waals surface area contributed by atoms with E-state index < -0.39 is 18.6 Å².